The Labute approximate surface area is 72.8 Å². The minimum Gasteiger partial charge on any atom is -0.332 e. The molecule has 0 saturated heterocycles. The number of hydrogen-bond acceptors (Lipinski definition) is 3. The highest BCUT2D eigenvalue weighted by atomic mass is 33.3. The first-order valence-corrected chi connectivity index (χ1v) is 6.93. The molecule has 0 aromatic rings. The molecule has 0 aromatic heterocycles. The molecule has 0 aliphatic heterocycles. The molecule has 1 atom stereocenters. The summed E-state index contributed by atoms with van der Waals surface area (Å²) < 4.78 is 36.2. The second-order valence-corrected chi connectivity index (χ2v) is 7.59. The van der Waals surface area contributed by atoms with Crippen LogP contribution in [0.2, 0.25) is 0 Å². The highest BCUT2D eigenvalue weighted by Gasteiger charge is 2.51. The summed E-state index contributed by atoms with van der Waals surface area (Å²) in [5, 5.41) is 0. The maximum absolute atomic E-state index is 12.7. The van der Waals surface area contributed by atoms with Gasteiger partial charge < -0.3 is 4.89 Å². The molecule has 1 unspecified atom stereocenters. The van der Waals surface area contributed by atoms with Gasteiger partial charge in [-0.1, -0.05) is 13.8 Å². The van der Waals surface area contributed by atoms with E-state index in [2.05, 4.69) is 11.7 Å². The molecule has 0 aromatic carbocycles. The van der Waals surface area contributed by atoms with E-state index in [1.165, 1.54) is 13.8 Å². The van der Waals surface area contributed by atoms with Crippen LogP contribution in [0.4, 0.5) is 8.78 Å². The summed E-state index contributed by atoms with van der Waals surface area (Å²) in [5.41, 5.74) is -3.56. The average molecular weight is 222 g/mol. The zero-order valence-electron chi connectivity index (χ0n) is 5.99. The molecule has 0 radical (unpaired) electrons. The Bertz CT molecular complexity index is 185. The normalized spacial score (nSPS) is 18.5. The summed E-state index contributed by atoms with van der Waals surface area (Å²) in [6.07, 6.45) is 0. The van der Waals surface area contributed by atoms with E-state index in [4.69, 9.17) is 4.89 Å². The van der Waals surface area contributed by atoms with Crippen molar-refractivity contribution in [2.45, 2.75) is 19.5 Å². The highest BCUT2D eigenvalue weighted by Crippen LogP contribution is 2.70. The van der Waals surface area contributed by atoms with E-state index < -0.39 is 18.2 Å². The molecule has 0 amide bonds. The molecule has 0 fully saturated rings. The largest absolute Gasteiger partial charge is 0.333 e. The van der Waals surface area contributed by atoms with Crippen molar-refractivity contribution in [3.63, 3.8) is 0 Å². The molecule has 0 heterocycles. The van der Waals surface area contributed by atoms with E-state index in [9.17, 15) is 13.3 Å². The molecule has 0 saturated carbocycles. The van der Waals surface area contributed by atoms with Crippen LogP contribution in [0.1, 0.15) is 13.8 Å². The van der Waals surface area contributed by atoms with Crippen molar-refractivity contribution < 1.29 is 18.2 Å². The van der Waals surface area contributed by atoms with Gasteiger partial charge in [-0.3, -0.25) is 4.57 Å². The zero-order valence-corrected chi connectivity index (χ0v) is 8.60. The molecular formula is C4H9F2O2PS2. The Kier molecular flexibility index (Phi) is 3.89. The first-order valence-electron chi connectivity index (χ1n) is 2.79. The van der Waals surface area contributed by atoms with Gasteiger partial charge in [0.25, 0.3) is 0 Å². The molecule has 2 nitrogen and oxygen atoms in total. The fourth-order valence-electron chi connectivity index (χ4n) is 0.381. The number of alkyl halides is 2. The zero-order chi connectivity index (χ0) is 9.28. The van der Waals surface area contributed by atoms with Crippen molar-refractivity contribution in [2.75, 3.05) is 0 Å². The first-order chi connectivity index (χ1) is 4.75. The SMILES string of the molecule is CC(C)C(F)(F)P(=O)(O)SS. The molecule has 68 valence electrons. The predicted molar refractivity (Wildman–Crippen MR) is 46.2 cm³/mol. The lowest BCUT2D eigenvalue weighted by Crippen LogP contribution is -2.21. The summed E-state index contributed by atoms with van der Waals surface area (Å²) in [4.78, 5) is 8.71. The van der Waals surface area contributed by atoms with Crippen LogP contribution >= 0.6 is 28.6 Å². The van der Waals surface area contributed by atoms with Crippen LogP contribution in [0.3, 0.4) is 0 Å². The molecule has 11 heavy (non-hydrogen) atoms. The van der Waals surface area contributed by atoms with Crippen LogP contribution in [0.15, 0.2) is 0 Å². The van der Waals surface area contributed by atoms with Gasteiger partial charge in [-0.2, -0.15) is 8.78 Å². The lowest BCUT2D eigenvalue weighted by molar-refractivity contribution is 0.0331. The second kappa shape index (κ2) is 3.64. The lowest BCUT2D eigenvalue weighted by atomic mass is 10.2. The monoisotopic (exact) mass is 222 g/mol. The van der Waals surface area contributed by atoms with Gasteiger partial charge in [0.2, 0.25) is 0 Å². The Morgan fingerprint density at radius 2 is 2.00 bits per heavy atom. The second-order valence-electron chi connectivity index (χ2n) is 2.34. The van der Waals surface area contributed by atoms with E-state index >= 15 is 0 Å². The van der Waals surface area contributed by atoms with Gasteiger partial charge in [-0.05, 0) is 0 Å². The molecule has 0 rings (SSSR count). The van der Waals surface area contributed by atoms with Crippen molar-refractivity contribution in [1.29, 1.82) is 0 Å². The molecule has 0 bridgehead atoms. The summed E-state index contributed by atoms with van der Waals surface area (Å²) >= 11 is 3.31. The Hall–Kier alpha value is 0.750. The third kappa shape index (κ3) is 2.34. The first kappa shape index (κ1) is 11.8. The van der Waals surface area contributed by atoms with Crippen LogP contribution < -0.4 is 0 Å². The molecule has 0 aliphatic rings. The van der Waals surface area contributed by atoms with Crippen LogP contribution in [-0.4, -0.2) is 10.6 Å². The van der Waals surface area contributed by atoms with Gasteiger partial charge >= 0.3 is 12.2 Å². The van der Waals surface area contributed by atoms with Crippen molar-refractivity contribution in [1.82, 2.24) is 0 Å². The molecule has 0 aliphatic carbocycles. The van der Waals surface area contributed by atoms with Crippen molar-refractivity contribution in [2.24, 2.45) is 5.92 Å². The molecule has 0 spiro atoms. The van der Waals surface area contributed by atoms with E-state index in [1.54, 1.807) is 0 Å². The van der Waals surface area contributed by atoms with Crippen LogP contribution in [0, 0.1) is 5.92 Å². The highest BCUT2D eigenvalue weighted by molar-refractivity contribution is 8.94. The molecule has 7 heteroatoms. The Morgan fingerprint density at radius 3 is 2.09 bits per heavy atom. The van der Waals surface area contributed by atoms with Gasteiger partial charge in [-0.15, -0.1) is 11.7 Å². The third-order valence-electron chi connectivity index (χ3n) is 1.18. The Morgan fingerprint density at radius 1 is 1.64 bits per heavy atom. The van der Waals surface area contributed by atoms with Crippen molar-refractivity contribution in [3.8, 4) is 0 Å². The number of hydrogen-bond donors (Lipinski definition) is 2. The fraction of sp³-hybridized carbons (Fsp3) is 1.00. The molecule has 1 N–H and O–H groups in total. The van der Waals surface area contributed by atoms with Gasteiger partial charge in [0.1, 0.15) is 0 Å². The summed E-state index contributed by atoms with van der Waals surface area (Å²) in [6.45, 7) is -2.11. The minimum absolute atomic E-state index is 0.0179. The standard InChI is InChI=1S/C4H9F2O2PS2/c1-3(2)4(5,6)9(7,8)11-10/h3,10H,1-2H3,(H,7,8). The minimum atomic E-state index is -4.48. The number of halogens is 2. The molecular weight excluding hydrogens is 213 g/mol. The summed E-state index contributed by atoms with van der Waals surface area (Å²) in [5.74, 6) is -1.15. The summed E-state index contributed by atoms with van der Waals surface area (Å²) in [6, 6.07) is 0. The van der Waals surface area contributed by atoms with E-state index in [0.29, 0.717) is 0 Å². The van der Waals surface area contributed by atoms with Gasteiger partial charge in [0.15, 0.2) is 0 Å². The van der Waals surface area contributed by atoms with Crippen molar-refractivity contribution in [3.05, 3.63) is 0 Å². The third-order valence-corrected chi connectivity index (χ3v) is 6.06. The predicted octanol–water partition coefficient (Wildman–Crippen LogP) is 3.00. The van der Waals surface area contributed by atoms with Crippen molar-refractivity contribution >= 4 is 28.6 Å². The van der Waals surface area contributed by atoms with E-state index in [0.717, 1.165) is 0 Å². The Balaban J connectivity index is 4.68. The fourth-order valence-corrected chi connectivity index (χ4v) is 3.08. The van der Waals surface area contributed by atoms with Gasteiger partial charge in [0, 0.05) is 16.3 Å². The van der Waals surface area contributed by atoms with Crippen LogP contribution in [-0.2, 0) is 4.57 Å². The number of thiol groups is 1. The van der Waals surface area contributed by atoms with E-state index in [1.807, 2.05) is 0 Å². The van der Waals surface area contributed by atoms with Crippen LogP contribution in [0.5, 0.6) is 0 Å². The topological polar surface area (TPSA) is 37.3 Å². The van der Waals surface area contributed by atoms with Gasteiger partial charge in [0.05, 0.1) is 0 Å². The smallest absolute Gasteiger partial charge is 0.332 e. The maximum Gasteiger partial charge on any atom is 0.333 e. The lowest BCUT2D eigenvalue weighted by Gasteiger charge is -2.23. The quantitative estimate of drug-likeness (QED) is 0.438. The van der Waals surface area contributed by atoms with Gasteiger partial charge in [-0.25, -0.2) is 0 Å². The van der Waals surface area contributed by atoms with Crippen LogP contribution in [0.25, 0.3) is 0 Å². The van der Waals surface area contributed by atoms with E-state index in [-0.39, 0.29) is 10.4 Å². The maximum atomic E-state index is 12.7. The number of rotatable bonds is 3. The average Bonchev–Trinajstić information content (AvgIpc) is 1.87. The summed E-state index contributed by atoms with van der Waals surface area (Å²) in [7, 11) is 0.0179.